The minimum atomic E-state index is -0.798. The first-order valence-electron chi connectivity index (χ1n) is 2.78. The Morgan fingerprint density at radius 2 is 2.33 bits per heavy atom. The van der Waals surface area contributed by atoms with Crippen LogP contribution < -0.4 is 0 Å². The van der Waals surface area contributed by atoms with Crippen LogP contribution in [0, 0.1) is 4.91 Å². The van der Waals surface area contributed by atoms with E-state index in [2.05, 4.69) is 9.82 Å². The summed E-state index contributed by atoms with van der Waals surface area (Å²) in [5.74, 6) is -0.798. The molecule has 1 rings (SSSR count). The molecule has 0 spiro atoms. The molecule has 0 atom stereocenters. The summed E-state index contributed by atoms with van der Waals surface area (Å²) in [6, 6.07) is 3.03. The smallest absolute Gasteiger partial charge is 0.279 e. The number of pyridine rings is 1. The highest BCUT2D eigenvalue weighted by Gasteiger charge is 2.05. The maximum Gasteiger partial charge on any atom is 0.370 e. The van der Waals surface area contributed by atoms with E-state index in [9.17, 15) is 9.70 Å². The Kier molecular flexibility index (Phi) is 4.55. The number of halogens is 1. The zero-order valence-corrected chi connectivity index (χ0v) is 6.65. The second kappa shape index (κ2) is 5.20. The molecule has 0 saturated carbocycles. The molecule has 1 aromatic rings. The van der Waals surface area contributed by atoms with E-state index in [-0.39, 0.29) is 18.0 Å². The number of rotatable bonds is 2. The summed E-state index contributed by atoms with van der Waals surface area (Å²) in [7, 11) is 0. The molecule has 0 aliphatic heterocycles. The van der Waals surface area contributed by atoms with Crippen LogP contribution in [0.5, 0.6) is 0 Å². The molecule has 0 unspecified atom stereocenters. The van der Waals surface area contributed by atoms with Crippen LogP contribution in [0.1, 0.15) is 10.4 Å². The number of carbonyl (C=O) groups excluding carboxylic acids is 1. The molecule has 64 valence electrons. The van der Waals surface area contributed by atoms with Gasteiger partial charge in [-0.1, -0.05) is 0 Å². The van der Waals surface area contributed by atoms with Crippen molar-refractivity contribution in [3.8, 4) is 0 Å². The molecule has 0 N–H and O–H groups in total. The van der Waals surface area contributed by atoms with Crippen LogP contribution >= 0.6 is 12.4 Å². The first-order chi connectivity index (χ1) is 5.34. The van der Waals surface area contributed by atoms with Crippen LogP contribution in [0.25, 0.3) is 0 Å². The third kappa shape index (κ3) is 2.63. The van der Waals surface area contributed by atoms with Crippen LogP contribution in [-0.4, -0.2) is 11.0 Å². The van der Waals surface area contributed by atoms with Gasteiger partial charge in [-0.15, -0.1) is 17.3 Å². The molecular formula is C6H5ClN2O3. The fourth-order valence-electron chi connectivity index (χ4n) is 0.570. The first kappa shape index (κ1) is 10.5. The monoisotopic (exact) mass is 188 g/mol. The van der Waals surface area contributed by atoms with Gasteiger partial charge in [-0.3, -0.25) is 9.82 Å². The van der Waals surface area contributed by atoms with E-state index in [0.29, 0.717) is 0 Å². The van der Waals surface area contributed by atoms with Crippen molar-refractivity contribution in [1.82, 2.24) is 4.98 Å². The number of aromatic nitrogens is 1. The molecule has 0 aliphatic rings. The number of hydrogen-bond acceptors (Lipinski definition) is 5. The van der Waals surface area contributed by atoms with Crippen molar-refractivity contribution in [2.75, 3.05) is 0 Å². The largest absolute Gasteiger partial charge is 0.370 e. The molecule has 6 heteroatoms. The van der Waals surface area contributed by atoms with Gasteiger partial charge in [0.15, 0.2) is 5.34 Å². The van der Waals surface area contributed by atoms with Gasteiger partial charge in [0.25, 0.3) is 0 Å². The van der Waals surface area contributed by atoms with E-state index in [1.807, 2.05) is 5.34 Å². The van der Waals surface area contributed by atoms with Crippen LogP contribution in [-0.2, 0) is 4.84 Å². The SMILES string of the molecule is Cl.O=NOC(=O)c1cccnc1. The van der Waals surface area contributed by atoms with Gasteiger partial charge in [-0.2, -0.15) is 0 Å². The Labute approximate surface area is 74.1 Å². The average Bonchev–Trinajstić information content (AvgIpc) is 2.07. The van der Waals surface area contributed by atoms with Crippen LogP contribution in [0.4, 0.5) is 0 Å². The zero-order chi connectivity index (χ0) is 8.10. The molecule has 0 fully saturated rings. The molecule has 12 heavy (non-hydrogen) atoms. The van der Waals surface area contributed by atoms with Crippen molar-refractivity contribution >= 4 is 18.4 Å². The molecule has 1 heterocycles. The lowest BCUT2D eigenvalue weighted by atomic mass is 10.3. The standard InChI is InChI=1S/C6H4N2O3.ClH/c9-6(11-8-10)5-2-1-3-7-4-5;/h1-4H;1H. The summed E-state index contributed by atoms with van der Waals surface area (Å²) in [5, 5.41) is 1.98. The van der Waals surface area contributed by atoms with Crippen LogP contribution in [0.15, 0.2) is 29.9 Å². The molecule has 0 amide bonds. The van der Waals surface area contributed by atoms with Crippen molar-refractivity contribution in [1.29, 1.82) is 0 Å². The van der Waals surface area contributed by atoms with Crippen molar-refractivity contribution in [2.24, 2.45) is 5.34 Å². The highest BCUT2D eigenvalue weighted by atomic mass is 35.5. The van der Waals surface area contributed by atoms with E-state index in [0.717, 1.165) is 0 Å². The summed E-state index contributed by atoms with van der Waals surface area (Å²) < 4.78 is 0. The summed E-state index contributed by atoms with van der Waals surface area (Å²) >= 11 is 0. The number of carbonyl (C=O) groups is 1. The predicted molar refractivity (Wildman–Crippen MR) is 42.7 cm³/mol. The maximum absolute atomic E-state index is 10.7. The fourth-order valence-corrected chi connectivity index (χ4v) is 0.570. The first-order valence-corrected chi connectivity index (χ1v) is 2.78. The van der Waals surface area contributed by atoms with Gasteiger partial charge in [0, 0.05) is 12.4 Å². The van der Waals surface area contributed by atoms with Gasteiger partial charge >= 0.3 is 5.97 Å². The van der Waals surface area contributed by atoms with Crippen LogP contribution in [0.3, 0.4) is 0 Å². The molecule has 5 nitrogen and oxygen atoms in total. The molecule has 0 aromatic carbocycles. The third-order valence-electron chi connectivity index (χ3n) is 1.02. The minimum absolute atomic E-state index is 0. The Morgan fingerprint density at radius 1 is 1.58 bits per heavy atom. The van der Waals surface area contributed by atoms with Crippen LogP contribution in [0.2, 0.25) is 0 Å². The minimum Gasteiger partial charge on any atom is -0.279 e. The second-order valence-corrected chi connectivity index (χ2v) is 1.69. The summed E-state index contributed by atoms with van der Waals surface area (Å²) in [6.07, 6.45) is 2.79. The quantitative estimate of drug-likeness (QED) is 0.519. The van der Waals surface area contributed by atoms with Crippen molar-refractivity contribution in [2.45, 2.75) is 0 Å². The van der Waals surface area contributed by atoms with Crippen molar-refractivity contribution in [3.05, 3.63) is 35.0 Å². The van der Waals surface area contributed by atoms with E-state index in [4.69, 9.17) is 0 Å². The van der Waals surface area contributed by atoms with E-state index < -0.39 is 5.97 Å². The zero-order valence-electron chi connectivity index (χ0n) is 5.84. The predicted octanol–water partition coefficient (Wildman–Crippen LogP) is 1.34. The van der Waals surface area contributed by atoms with Crippen molar-refractivity contribution < 1.29 is 9.63 Å². The van der Waals surface area contributed by atoms with Gasteiger partial charge in [0.05, 0.1) is 5.56 Å². The highest BCUT2D eigenvalue weighted by molar-refractivity contribution is 5.88. The number of hydrogen-bond donors (Lipinski definition) is 0. The summed E-state index contributed by atoms with van der Waals surface area (Å²) in [4.78, 5) is 27.6. The molecule has 1 aromatic heterocycles. The third-order valence-corrected chi connectivity index (χ3v) is 1.02. The van der Waals surface area contributed by atoms with Crippen molar-refractivity contribution in [3.63, 3.8) is 0 Å². The topological polar surface area (TPSA) is 68.6 Å². The lowest BCUT2D eigenvalue weighted by Crippen LogP contribution is -1.99. The maximum atomic E-state index is 10.7. The second-order valence-electron chi connectivity index (χ2n) is 1.69. The highest BCUT2D eigenvalue weighted by Crippen LogP contribution is 1.97. The van der Waals surface area contributed by atoms with Gasteiger partial charge < -0.3 is 0 Å². The molecule has 0 bridgehead atoms. The summed E-state index contributed by atoms with van der Waals surface area (Å²) in [5.41, 5.74) is 0.201. The van der Waals surface area contributed by atoms with Gasteiger partial charge in [-0.05, 0) is 12.1 Å². The molecule has 0 aliphatic carbocycles. The lowest BCUT2D eigenvalue weighted by molar-refractivity contribution is 0.0508. The molecular weight excluding hydrogens is 184 g/mol. The summed E-state index contributed by atoms with van der Waals surface area (Å²) in [6.45, 7) is 0. The Bertz CT molecular complexity index is 265. The van der Waals surface area contributed by atoms with Gasteiger partial charge in [-0.25, -0.2) is 4.79 Å². The van der Waals surface area contributed by atoms with E-state index in [1.54, 1.807) is 6.07 Å². The van der Waals surface area contributed by atoms with Gasteiger partial charge in [0.2, 0.25) is 0 Å². The lowest BCUT2D eigenvalue weighted by Gasteiger charge is -1.91. The Hall–Kier alpha value is -1.49. The molecule has 0 saturated heterocycles. The van der Waals surface area contributed by atoms with E-state index >= 15 is 0 Å². The Balaban J connectivity index is 0.00000121. The molecule has 0 radical (unpaired) electrons. The van der Waals surface area contributed by atoms with E-state index in [1.165, 1.54) is 18.5 Å². The van der Waals surface area contributed by atoms with Gasteiger partial charge in [0.1, 0.15) is 0 Å². The fraction of sp³-hybridized carbons (Fsp3) is 0. The normalized spacial score (nSPS) is 8.00. The average molecular weight is 189 g/mol. The Morgan fingerprint density at radius 3 is 2.83 bits per heavy atom. The number of nitrogens with zero attached hydrogens (tertiary/aromatic N) is 2.